The Kier molecular flexibility index (Phi) is 5.11. The van der Waals surface area contributed by atoms with Crippen molar-refractivity contribution in [2.75, 3.05) is 6.54 Å². The van der Waals surface area contributed by atoms with Crippen molar-refractivity contribution in [3.63, 3.8) is 0 Å². The van der Waals surface area contributed by atoms with Gasteiger partial charge in [0.2, 0.25) is 10.0 Å². The summed E-state index contributed by atoms with van der Waals surface area (Å²) in [7, 11) is -3.40. The van der Waals surface area contributed by atoms with Crippen LogP contribution >= 0.6 is 0 Å². The highest BCUT2D eigenvalue weighted by molar-refractivity contribution is 7.89. The minimum absolute atomic E-state index is 0.0296. The lowest BCUT2D eigenvalue weighted by atomic mass is 10.4. The SMILES string of the molecule is CCN(C(C)C)S(=O)(=O)c1cc(CNC2CC2)n(CC)c1. The number of aryl methyl sites for hydroxylation is 1. The van der Waals surface area contributed by atoms with Gasteiger partial charge in [-0.1, -0.05) is 6.92 Å². The summed E-state index contributed by atoms with van der Waals surface area (Å²) < 4.78 is 29.0. The molecule has 0 saturated heterocycles. The molecule has 1 saturated carbocycles. The summed E-state index contributed by atoms with van der Waals surface area (Å²) >= 11 is 0. The van der Waals surface area contributed by atoms with Crippen molar-refractivity contribution < 1.29 is 8.42 Å². The molecule has 0 bridgehead atoms. The van der Waals surface area contributed by atoms with Crippen LogP contribution in [0, 0.1) is 0 Å². The van der Waals surface area contributed by atoms with E-state index in [9.17, 15) is 8.42 Å². The van der Waals surface area contributed by atoms with E-state index >= 15 is 0 Å². The van der Waals surface area contributed by atoms with Crippen LogP contribution in [-0.4, -0.2) is 35.9 Å². The molecule has 0 aliphatic heterocycles. The fourth-order valence-electron chi connectivity index (χ4n) is 2.59. The minimum atomic E-state index is -3.40. The summed E-state index contributed by atoms with van der Waals surface area (Å²) in [6.45, 7) is 9.75. The van der Waals surface area contributed by atoms with Crippen molar-refractivity contribution in [3.8, 4) is 0 Å². The Morgan fingerprint density at radius 3 is 2.52 bits per heavy atom. The standard InChI is InChI=1S/C15H27N3O2S/c1-5-17-11-15(9-14(17)10-16-13-7-8-13)21(19,20)18(6-2)12(3)4/h9,11-13,16H,5-8,10H2,1-4H3. The van der Waals surface area contributed by atoms with E-state index in [-0.39, 0.29) is 6.04 Å². The molecule has 5 nitrogen and oxygen atoms in total. The third kappa shape index (κ3) is 3.67. The molecule has 1 aromatic heterocycles. The number of hydrogen-bond donors (Lipinski definition) is 1. The zero-order chi connectivity index (χ0) is 15.6. The maximum Gasteiger partial charge on any atom is 0.244 e. The summed E-state index contributed by atoms with van der Waals surface area (Å²) in [5.41, 5.74) is 1.04. The topological polar surface area (TPSA) is 54.3 Å². The van der Waals surface area contributed by atoms with Crippen LogP contribution in [0.1, 0.15) is 46.2 Å². The second-order valence-electron chi connectivity index (χ2n) is 5.91. The van der Waals surface area contributed by atoms with Gasteiger partial charge in [-0.15, -0.1) is 0 Å². The Morgan fingerprint density at radius 1 is 1.38 bits per heavy atom. The predicted octanol–water partition coefficient (Wildman–Crippen LogP) is 2.18. The number of nitrogens with one attached hydrogen (secondary N) is 1. The maximum absolute atomic E-state index is 12.7. The Labute approximate surface area is 128 Å². The van der Waals surface area contributed by atoms with Gasteiger partial charge in [-0.25, -0.2) is 8.42 Å². The van der Waals surface area contributed by atoms with Crippen molar-refractivity contribution in [3.05, 3.63) is 18.0 Å². The zero-order valence-electron chi connectivity index (χ0n) is 13.5. The van der Waals surface area contributed by atoms with Gasteiger partial charge in [0.1, 0.15) is 4.90 Å². The van der Waals surface area contributed by atoms with Gasteiger partial charge in [0.25, 0.3) is 0 Å². The zero-order valence-corrected chi connectivity index (χ0v) is 14.3. The van der Waals surface area contributed by atoms with Gasteiger partial charge in [-0.2, -0.15) is 4.31 Å². The van der Waals surface area contributed by atoms with Crippen LogP contribution in [0.15, 0.2) is 17.2 Å². The number of hydrogen-bond acceptors (Lipinski definition) is 3. The Balaban J connectivity index is 2.25. The lowest BCUT2D eigenvalue weighted by Crippen LogP contribution is -2.36. The first kappa shape index (κ1) is 16.5. The fraction of sp³-hybridized carbons (Fsp3) is 0.733. The molecule has 1 fully saturated rings. The molecule has 1 aliphatic carbocycles. The lowest BCUT2D eigenvalue weighted by molar-refractivity contribution is 0.369. The molecular formula is C15H27N3O2S. The van der Waals surface area contributed by atoms with Gasteiger partial charge < -0.3 is 9.88 Å². The summed E-state index contributed by atoms with van der Waals surface area (Å²) in [6.07, 6.45) is 4.23. The monoisotopic (exact) mass is 313 g/mol. The Hall–Kier alpha value is -0.850. The highest BCUT2D eigenvalue weighted by Crippen LogP contribution is 2.23. The van der Waals surface area contributed by atoms with Crippen LogP contribution in [0.3, 0.4) is 0 Å². The van der Waals surface area contributed by atoms with E-state index in [4.69, 9.17) is 0 Å². The van der Waals surface area contributed by atoms with Crippen molar-refractivity contribution in [2.45, 2.75) is 70.6 Å². The highest BCUT2D eigenvalue weighted by atomic mass is 32.2. The van der Waals surface area contributed by atoms with E-state index in [2.05, 4.69) is 5.32 Å². The van der Waals surface area contributed by atoms with Gasteiger partial charge in [-0.3, -0.25) is 0 Å². The average molecular weight is 313 g/mol. The first-order chi connectivity index (χ1) is 9.90. The number of nitrogens with zero attached hydrogens (tertiary/aromatic N) is 2. The second kappa shape index (κ2) is 6.50. The fourth-order valence-corrected chi connectivity index (χ4v) is 4.30. The molecule has 0 spiro atoms. The molecule has 0 aromatic carbocycles. The van der Waals surface area contributed by atoms with E-state index in [0.717, 1.165) is 18.8 Å². The van der Waals surface area contributed by atoms with Crippen molar-refractivity contribution >= 4 is 10.0 Å². The molecule has 0 atom stereocenters. The summed E-state index contributed by atoms with van der Waals surface area (Å²) in [6, 6.07) is 2.41. The van der Waals surface area contributed by atoms with Crippen molar-refractivity contribution in [1.82, 2.24) is 14.2 Å². The maximum atomic E-state index is 12.7. The van der Waals surface area contributed by atoms with Crippen LogP contribution in [0.5, 0.6) is 0 Å². The first-order valence-electron chi connectivity index (χ1n) is 7.84. The molecule has 6 heteroatoms. The lowest BCUT2D eigenvalue weighted by Gasteiger charge is -2.23. The quantitative estimate of drug-likeness (QED) is 0.800. The van der Waals surface area contributed by atoms with E-state index in [1.54, 1.807) is 10.5 Å². The molecule has 120 valence electrons. The molecule has 1 aliphatic rings. The highest BCUT2D eigenvalue weighted by Gasteiger charge is 2.28. The molecule has 1 heterocycles. The van der Waals surface area contributed by atoms with Crippen LogP contribution in [0.2, 0.25) is 0 Å². The number of aromatic nitrogens is 1. The first-order valence-corrected chi connectivity index (χ1v) is 9.28. The normalized spacial score (nSPS) is 16.1. The summed E-state index contributed by atoms with van der Waals surface area (Å²) in [5.74, 6) is 0. The van der Waals surface area contributed by atoms with Crippen LogP contribution in [-0.2, 0) is 23.1 Å². The van der Waals surface area contributed by atoms with Crippen molar-refractivity contribution in [1.29, 1.82) is 0 Å². The predicted molar refractivity (Wildman–Crippen MR) is 84.7 cm³/mol. The third-order valence-electron chi connectivity index (χ3n) is 3.94. The van der Waals surface area contributed by atoms with Crippen LogP contribution in [0.4, 0.5) is 0 Å². The molecule has 0 radical (unpaired) electrons. The third-order valence-corrected chi connectivity index (χ3v) is 6.06. The largest absolute Gasteiger partial charge is 0.349 e. The summed E-state index contributed by atoms with van der Waals surface area (Å²) in [5, 5.41) is 3.45. The molecule has 0 unspecified atom stereocenters. The minimum Gasteiger partial charge on any atom is -0.349 e. The van der Waals surface area contributed by atoms with E-state index < -0.39 is 10.0 Å². The van der Waals surface area contributed by atoms with Gasteiger partial charge in [-0.05, 0) is 39.7 Å². The van der Waals surface area contributed by atoms with Crippen molar-refractivity contribution in [2.24, 2.45) is 0 Å². The van der Waals surface area contributed by atoms with Gasteiger partial charge in [0.05, 0.1) is 0 Å². The van der Waals surface area contributed by atoms with Crippen LogP contribution < -0.4 is 5.32 Å². The average Bonchev–Trinajstić information content (AvgIpc) is 3.14. The molecule has 2 rings (SSSR count). The van der Waals surface area contributed by atoms with E-state index in [0.29, 0.717) is 17.5 Å². The molecule has 1 N–H and O–H groups in total. The molecular weight excluding hydrogens is 286 g/mol. The number of rotatable bonds is 8. The number of sulfonamides is 1. The van der Waals surface area contributed by atoms with Crippen LogP contribution in [0.25, 0.3) is 0 Å². The summed E-state index contributed by atoms with van der Waals surface area (Å²) in [4.78, 5) is 0.410. The van der Waals surface area contributed by atoms with Gasteiger partial charge >= 0.3 is 0 Å². The molecule has 0 amide bonds. The Bertz CT molecular complexity index is 574. The van der Waals surface area contributed by atoms with E-state index in [1.807, 2.05) is 38.3 Å². The van der Waals surface area contributed by atoms with E-state index in [1.165, 1.54) is 12.8 Å². The second-order valence-corrected chi connectivity index (χ2v) is 7.80. The Morgan fingerprint density at radius 2 is 2.05 bits per heavy atom. The molecule has 1 aromatic rings. The molecule has 21 heavy (non-hydrogen) atoms. The smallest absolute Gasteiger partial charge is 0.244 e. The van der Waals surface area contributed by atoms with Gasteiger partial charge in [0.15, 0.2) is 0 Å². The van der Waals surface area contributed by atoms with Gasteiger partial charge in [0, 0.05) is 43.6 Å².